The van der Waals surface area contributed by atoms with Crippen LogP contribution in [0, 0.1) is 0 Å². The third-order valence-electron chi connectivity index (χ3n) is 2.62. The van der Waals surface area contributed by atoms with Crippen molar-refractivity contribution < 1.29 is 0 Å². The van der Waals surface area contributed by atoms with E-state index in [2.05, 4.69) is 52.8 Å². The highest BCUT2D eigenvalue weighted by molar-refractivity contribution is 8.24. The third-order valence-corrected chi connectivity index (χ3v) is 5.57. The van der Waals surface area contributed by atoms with Crippen LogP contribution in [-0.2, 0) is 5.41 Å². The Morgan fingerprint density at radius 3 is 2.19 bits per heavy atom. The molecular formula is C14H18S2. The Morgan fingerprint density at radius 2 is 1.62 bits per heavy atom. The van der Waals surface area contributed by atoms with Crippen LogP contribution >= 0.6 is 23.5 Å². The van der Waals surface area contributed by atoms with Crippen LogP contribution < -0.4 is 0 Å². The lowest BCUT2D eigenvalue weighted by Gasteiger charge is -2.19. The molecular weight excluding hydrogens is 232 g/mol. The highest BCUT2D eigenvalue weighted by Crippen LogP contribution is 2.52. The molecule has 0 radical (unpaired) electrons. The topological polar surface area (TPSA) is 0 Å². The summed E-state index contributed by atoms with van der Waals surface area (Å²) < 4.78 is 1.45. The lowest BCUT2D eigenvalue weighted by atomic mass is 9.87. The predicted molar refractivity (Wildman–Crippen MR) is 75.2 cm³/mol. The fourth-order valence-corrected chi connectivity index (χ4v) is 3.98. The summed E-state index contributed by atoms with van der Waals surface area (Å²) in [5.41, 5.74) is 3.09. The molecule has 1 aliphatic heterocycles. The van der Waals surface area contributed by atoms with Gasteiger partial charge in [0, 0.05) is 14.0 Å². The van der Waals surface area contributed by atoms with Crippen LogP contribution in [0.2, 0.25) is 0 Å². The van der Waals surface area contributed by atoms with Crippen molar-refractivity contribution in [1.29, 1.82) is 0 Å². The molecule has 2 heteroatoms. The number of allylic oxidation sites excluding steroid dienone is 1. The quantitative estimate of drug-likeness (QED) is 0.602. The van der Waals surface area contributed by atoms with Crippen molar-refractivity contribution in [2.75, 3.05) is 0 Å². The van der Waals surface area contributed by atoms with E-state index in [-0.39, 0.29) is 5.41 Å². The number of thioether (sulfide) groups is 2. The number of benzene rings is 1. The maximum atomic E-state index is 2.35. The first-order chi connectivity index (χ1) is 7.38. The van der Waals surface area contributed by atoms with Gasteiger partial charge in [0.1, 0.15) is 0 Å². The van der Waals surface area contributed by atoms with Crippen LogP contribution in [-0.4, -0.2) is 0 Å². The summed E-state index contributed by atoms with van der Waals surface area (Å²) in [7, 11) is 0. The number of hydrogen-bond donors (Lipinski definition) is 0. The minimum atomic E-state index is 0.244. The first-order valence-electron chi connectivity index (χ1n) is 5.55. The van der Waals surface area contributed by atoms with Crippen molar-refractivity contribution in [1.82, 2.24) is 0 Å². The Labute approximate surface area is 107 Å². The monoisotopic (exact) mass is 250 g/mol. The van der Waals surface area contributed by atoms with Crippen molar-refractivity contribution in [3.05, 3.63) is 33.6 Å². The molecule has 0 amide bonds. The minimum Gasteiger partial charge on any atom is -0.0816 e. The SMILES string of the molecule is CC(C)=C1Sc2ccc(C(C)(C)C)cc2S1. The van der Waals surface area contributed by atoms with Gasteiger partial charge in [-0.25, -0.2) is 0 Å². The van der Waals surface area contributed by atoms with E-state index in [4.69, 9.17) is 0 Å². The fourth-order valence-electron chi connectivity index (χ4n) is 1.56. The van der Waals surface area contributed by atoms with Crippen molar-refractivity contribution >= 4 is 23.5 Å². The molecule has 1 aliphatic rings. The third kappa shape index (κ3) is 2.33. The summed E-state index contributed by atoms with van der Waals surface area (Å²) in [5.74, 6) is 0. The van der Waals surface area contributed by atoms with Gasteiger partial charge in [-0.15, -0.1) is 0 Å². The smallest absolute Gasteiger partial charge is 0.0486 e. The molecule has 1 aromatic carbocycles. The molecule has 1 aromatic rings. The molecule has 0 aromatic heterocycles. The molecule has 0 fully saturated rings. The molecule has 86 valence electrons. The normalized spacial score (nSPS) is 15.2. The molecule has 0 nitrogen and oxygen atoms in total. The highest BCUT2D eigenvalue weighted by Gasteiger charge is 2.21. The predicted octanol–water partition coefficient (Wildman–Crippen LogP) is 5.43. The molecule has 0 N–H and O–H groups in total. The van der Waals surface area contributed by atoms with Gasteiger partial charge in [0.05, 0.1) is 0 Å². The van der Waals surface area contributed by atoms with E-state index in [0.29, 0.717) is 0 Å². The molecule has 2 rings (SSSR count). The van der Waals surface area contributed by atoms with Crippen LogP contribution in [0.5, 0.6) is 0 Å². The number of hydrogen-bond acceptors (Lipinski definition) is 2. The summed E-state index contributed by atoms with van der Waals surface area (Å²) in [6.07, 6.45) is 0. The minimum absolute atomic E-state index is 0.244. The fraction of sp³-hybridized carbons (Fsp3) is 0.429. The van der Waals surface area contributed by atoms with Crippen molar-refractivity contribution in [3.63, 3.8) is 0 Å². The van der Waals surface area contributed by atoms with Crippen molar-refractivity contribution in [2.24, 2.45) is 0 Å². The lowest BCUT2D eigenvalue weighted by molar-refractivity contribution is 0.588. The second kappa shape index (κ2) is 4.15. The van der Waals surface area contributed by atoms with Gasteiger partial charge in [-0.1, -0.05) is 55.9 Å². The van der Waals surface area contributed by atoms with Crippen LogP contribution in [0.15, 0.2) is 37.8 Å². The van der Waals surface area contributed by atoms with Gasteiger partial charge in [0.15, 0.2) is 0 Å². The van der Waals surface area contributed by atoms with Gasteiger partial charge < -0.3 is 0 Å². The van der Waals surface area contributed by atoms with E-state index >= 15 is 0 Å². The lowest BCUT2D eigenvalue weighted by Crippen LogP contribution is -2.10. The Morgan fingerprint density at radius 1 is 1.00 bits per heavy atom. The summed E-state index contributed by atoms with van der Waals surface area (Å²) >= 11 is 3.82. The van der Waals surface area contributed by atoms with Gasteiger partial charge in [-0.2, -0.15) is 0 Å². The van der Waals surface area contributed by atoms with Crippen LogP contribution in [0.4, 0.5) is 0 Å². The van der Waals surface area contributed by atoms with E-state index in [1.165, 1.54) is 25.2 Å². The second-order valence-corrected chi connectivity index (χ2v) is 7.77. The summed E-state index contributed by atoms with van der Waals surface area (Å²) in [4.78, 5) is 2.84. The molecule has 0 bridgehead atoms. The molecule has 0 saturated heterocycles. The first-order valence-corrected chi connectivity index (χ1v) is 7.19. The van der Waals surface area contributed by atoms with Crippen LogP contribution in [0.3, 0.4) is 0 Å². The van der Waals surface area contributed by atoms with Gasteiger partial charge >= 0.3 is 0 Å². The summed E-state index contributed by atoms with van der Waals surface area (Å²) in [6.45, 7) is 11.2. The van der Waals surface area contributed by atoms with Crippen molar-refractivity contribution in [3.8, 4) is 0 Å². The van der Waals surface area contributed by atoms with Gasteiger partial charge in [0.2, 0.25) is 0 Å². The van der Waals surface area contributed by atoms with Gasteiger partial charge in [-0.05, 0) is 37.0 Å². The van der Waals surface area contributed by atoms with Crippen molar-refractivity contribution in [2.45, 2.75) is 49.8 Å². The van der Waals surface area contributed by atoms with Crippen LogP contribution in [0.25, 0.3) is 0 Å². The van der Waals surface area contributed by atoms with E-state index < -0.39 is 0 Å². The van der Waals surface area contributed by atoms with E-state index in [9.17, 15) is 0 Å². The maximum Gasteiger partial charge on any atom is 0.0486 e. The maximum absolute atomic E-state index is 2.35. The summed E-state index contributed by atoms with van der Waals surface area (Å²) in [6, 6.07) is 6.88. The van der Waals surface area contributed by atoms with E-state index in [1.54, 1.807) is 0 Å². The zero-order chi connectivity index (χ0) is 11.9. The average molecular weight is 250 g/mol. The van der Waals surface area contributed by atoms with Gasteiger partial charge in [-0.3, -0.25) is 0 Å². The zero-order valence-electron chi connectivity index (χ0n) is 10.5. The van der Waals surface area contributed by atoms with Gasteiger partial charge in [0.25, 0.3) is 0 Å². The average Bonchev–Trinajstić information content (AvgIpc) is 2.58. The van der Waals surface area contributed by atoms with E-state index in [1.807, 2.05) is 23.5 Å². The molecule has 0 spiro atoms. The highest BCUT2D eigenvalue weighted by atomic mass is 32.2. The Kier molecular flexibility index (Phi) is 3.15. The Balaban J connectivity index is 2.39. The Bertz CT molecular complexity index is 446. The number of rotatable bonds is 0. The second-order valence-electron chi connectivity index (χ2n) is 5.40. The molecule has 0 atom stereocenters. The van der Waals surface area contributed by atoms with Crippen LogP contribution in [0.1, 0.15) is 40.2 Å². The Hall–Kier alpha value is -0.340. The van der Waals surface area contributed by atoms with E-state index in [0.717, 1.165) is 0 Å². The summed E-state index contributed by atoms with van der Waals surface area (Å²) in [5, 5.41) is 0. The first kappa shape index (κ1) is 12.1. The molecule has 0 unspecified atom stereocenters. The molecule has 16 heavy (non-hydrogen) atoms. The standard InChI is InChI=1S/C14H18S2/c1-9(2)13-15-11-7-6-10(14(3,4)5)8-12(11)16-13/h6-8H,1-5H3. The molecule has 1 heterocycles. The number of fused-ring (bicyclic) bond motifs is 1. The zero-order valence-corrected chi connectivity index (χ0v) is 12.2. The molecule has 0 saturated carbocycles. The molecule has 0 aliphatic carbocycles. The largest absolute Gasteiger partial charge is 0.0816 e.